The highest BCUT2D eigenvalue weighted by Gasteiger charge is 2.16. The second kappa shape index (κ2) is 6.68. The van der Waals surface area contributed by atoms with Crippen LogP contribution in [-0.4, -0.2) is 17.6 Å². The highest BCUT2D eigenvalue weighted by atomic mass is 32.3. The molecule has 1 unspecified atom stereocenters. The van der Waals surface area contributed by atoms with Gasteiger partial charge in [0.25, 0.3) is 10.1 Å². The molecule has 0 fully saturated rings. The fourth-order valence-corrected chi connectivity index (χ4v) is 1.72. The minimum atomic E-state index is -3.93. The van der Waals surface area contributed by atoms with E-state index in [9.17, 15) is 8.42 Å². The summed E-state index contributed by atoms with van der Waals surface area (Å²) >= 11 is 3.80. The van der Waals surface area contributed by atoms with Crippen molar-refractivity contribution in [2.45, 2.75) is 50.0 Å². The Balaban J connectivity index is 3.44. The van der Waals surface area contributed by atoms with Crippen LogP contribution in [0.15, 0.2) is 0 Å². The average molecular weight is 226 g/mol. The van der Waals surface area contributed by atoms with Crippen molar-refractivity contribution in [2.75, 3.05) is 0 Å². The first-order valence-corrected chi connectivity index (χ1v) is 6.64. The lowest BCUT2D eigenvalue weighted by Crippen LogP contribution is -2.13. The molecule has 0 amide bonds. The standard InChI is InChI=1S/C8H18O3S2/c1-2-3-4-5-6-7-8(12)13(9,10)11/h8,12H,2-7H2,1H3,(H,9,10,11). The molecule has 0 radical (unpaired) electrons. The van der Waals surface area contributed by atoms with E-state index in [0.29, 0.717) is 6.42 Å². The van der Waals surface area contributed by atoms with Crippen molar-refractivity contribution in [3.63, 3.8) is 0 Å². The minimum absolute atomic E-state index is 0.436. The van der Waals surface area contributed by atoms with Crippen LogP contribution in [0.4, 0.5) is 0 Å². The van der Waals surface area contributed by atoms with Crippen molar-refractivity contribution in [1.29, 1.82) is 0 Å². The fraction of sp³-hybridized carbons (Fsp3) is 1.00. The van der Waals surface area contributed by atoms with Gasteiger partial charge in [0.2, 0.25) is 0 Å². The third-order valence-corrected chi connectivity index (χ3v) is 3.88. The van der Waals surface area contributed by atoms with Gasteiger partial charge >= 0.3 is 0 Å². The Labute approximate surface area is 86.1 Å². The first-order valence-electron chi connectivity index (χ1n) is 4.63. The van der Waals surface area contributed by atoms with Crippen LogP contribution in [0.3, 0.4) is 0 Å². The molecule has 5 heteroatoms. The summed E-state index contributed by atoms with van der Waals surface area (Å²) in [6.07, 6.45) is 5.74. The van der Waals surface area contributed by atoms with Gasteiger partial charge in [0.1, 0.15) is 4.58 Å². The van der Waals surface area contributed by atoms with Crippen LogP contribution < -0.4 is 0 Å². The maximum Gasteiger partial charge on any atom is 0.276 e. The predicted octanol–water partition coefficient (Wildman–Crippen LogP) is 2.49. The number of hydrogen-bond donors (Lipinski definition) is 2. The zero-order valence-corrected chi connectivity index (χ0v) is 9.65. The molecule has 1 N–H and O–H groups in total. The monoisotopic (exact) mass is 226 g/mol. The lowest BCUT2D eigenvalue weighted by molar-refractivity contribution is 0.474. The van der Waals surface area contributed by atoms with Gasteiger partial charge < -0.3 is 0 Å². The molecule has 0 aliphatic heterocycles. The average Bonchev–Trinajstić information content (AvgIpc) is 2.02. The number of rotatable bonds is 7. The molecule has 0 aromatic carbocycles. The number of hydrogen-bond acceptors (Lipinski definition) is 3. The normalized spacial score (nSPS) is 14.4. The van der Waals surface area contributed by atoms with E-state index in [4.69, 9.17) is 4.55 Å². The zero-order chi connectivity index (χ0) is 10.3. The summed E-state index contributed by atoms with van der Waals surface area (Å²) in [5.74, 6) is 0. The van der Waals surface area contributed by atoms with Crippen LogP contribution in [-0.2, 0) is 10.1 Å². The van der Waals surface area contributed by atoms with Gasteiger partial charge in [0.05, 0.1) is 0 Å². The zero-order valence-electron chi connectivity index (χ0n) is 7.94. The molecule has 1 atom stereocenters. The van der Waals surface area contributed by atoms with Crippen molar-refractivity contribution in [2.24, 2.45) is 0 Å². The fourth-order valence-electron chi connectivity index (χ4n) is 1.07. The molecule has 80 valence electrons. The van der Waals surface area contributed by atoms with Gasteiger partial charge in [-0.2, -0.15) is 21.0 Å². The summed E-state index contributed by atoms with van der Waals surface area (Å²) in [5.41, 5.74) is 0. The molecule has 0 saturated heterocycles. The minimum Gasteiger partial charge on any atom is -0.285 e. The second-order valence-corrected chi connectivity index (χ2v) is 5.74. The Kier molecular flexibility index (Phi) is 6.81. The number of thiol groups is 1. The predicted molar refractivity (Wildman–Crippen MR) is 57.7 cm³/mol. The summed E-state index contributed by atoms with van der Waals surface area (Å²) in [6, 6.07) is 0. The van der Waals surface area contributed by atoms with Crippen LogP contribution >= 0.6 is 12.6 Å². The molecule has 0 bridgehead atoms. The first kappa shape index (κ1) is 13.3. The molecule has 0 saturated carbocycles. The molecule has 3 nitrogen and oxygen atoms in total. The van der Waals surface area contributed by atoms with E-state index in [1.165, 1.54) is 12.8 Å². The van der Waals surface area contributed by atoms with Crippen molar-refractivity contribution in [3.05, 3.63) is 0 Å². The molecular formula is C8H18O3S2. The van der Waals surface area contributed by atoms with Crippen molar-refractivity contribution < 1.29 is 13.0 Å². The van der Waals surface area contributed by atoms with Gasteiger partial charge in [-0.3, -0.25) is 4.55 Å². The molecule has 0 aliphatic carbocycles. The van der Waals surface area contributed by atoms with Gasteiger partial charge in [-0.15, -0.1) is 0 Å². The first-order chi connectivity index (χ1) is 5.98. The summed E-state index contributed by atoms with van der Waals surface area (Å²) in [4.78, 5) is 0. The van der Waals surface area contributed by atoms with E-state index in [2.05, 4.69) is 19.6 Å². The Bertz CT molecular complexity index is 211. The third-order valence-electron chi connectivity index (χ3n) is 1.90. The Morgan fingerprint density at radius 2 is 1.77 bits per heavy atom. The third kappa shape index (κ3) is 7.34. The van der Waals surface area contributed by atoms with Crippen molar-refractivity contribution in [1.82, 2.24) is 0 Å². The molecule has 13 heavy (non-hydrogen) atoms. The molecule has 0 rings (SSSR count). The second-order valence-electron chi connectivity index (χ2n) is 3.17. The van der Waals surface area contributed by atoms with E-state index in [0.717, 1.165) is 19.3 Å². The lowest BCUT2D eigenvalue weighted by Gasteiger charge is -2.06. The van der Waals surface area contributed by atoms with Gasteiger partial charge in [-0.05, 0) is 6.42 Å². The van der Waals surface area contributed by atoms with Gasteiger partial charge in [-0.1, -0.05) is 39.0 Å². The highest BCUT2D eigenvalue weighted by Crippen LogP contribution is 2.14. The van der Waals surface area contributed by atoms with Gasteiger partial charge in [0, 0.05) is 0 Å². The van der Waals surface area contributed by atoms with Gasteiger partial charge in [-0.25, -0.2) is 0 Å². The SMILES string of the molecule is CCCCCCCC(S)S(=O)(=O)O. The molecule has 0 aromatic rings. The topological polar surface area (TPSA) is 54.4 Å². The van der Waals surface area contributed by atoms with Crippen LogP contribution in [0, 0.1) is 0 Å². The smallest absolute Gasteiger partial charge is 0.276 e. The maximum absolute atomic E-state index is 10.5. The molecule has 0 spiro atoms. The molecule has 0 heterocycles. The summed E-state index contributed by atoms with van der Waals surface area (Å²) in [7, 11) is -3.93. The molecular weight excluding hydrogens is 208 g/mol. The number of unbranched alkanes of at least 4 members (excludes halogenated alkanes) is 4. The summed E-state index contributed by atoms with van der Waals surface area (Å²) < 4.78 is 28.7. The maximum atomic E-state index is 10.5. The Morgan fingerprint density at radius 3 is 2.23 bits per heavy atom. The molecule has 0 aromatic heterocycles. The van der Waals surface area contributed by atoms with E-state index in [-0.39, 0.29) is 0 Å². The molecule has 0 aliphatic rings. The van der Waals surface area contributed by atoms with E-state index >= 15 is 0 Å². The largest absolute Gasteiger partial charge is 0.285 e. The quantitative estimate of drug-likeness (QED) is 0.398. The van der Waals surface area contributed by atoms with E-state index in [1.54, 1.807) is 0 Å². The van der Waals surface area contributed by atoms with Crippen LogP contribution in [0.1, 0.15) is 45.4 Å². The Hall–Kier alpha value is 0.260. The summed E-state index contributed by atoms with van der Waals surface area (Å²) in [5, 5.41) is 0. The van der Waals surface area contributed by atoms with Crippen LogP contribution in [0.2, 0.25) is 0 Å². The van der Waals surface area contributed by atoms with Crippen molar-refractivity contribution in [3.8, 4) is 0 Å². The van der Waals surface area contributed by atoms with Crippen LogP contribution in [0.25, 0.3) is 0 Å². The van der Waals surface area contributed by atoms with Crippen LogP contribution in [0.5, 0.6) is 0 Å². The Morgan fingerprint density at radius 1 is 1.23 bits per heavy atom. The van der Waals surface area contributed by atoms with E-state index < -0.39 is 14.7 Å². The summed E-state index contributed by atoms with van der Waals surface area (Å²) in [6.45, 7) is 2.12. The lowest BCUT2D eigenvalue weighted by atomic mass is 10.1. The van der Waals surface area contributed by atoms with E-state index in [1.807, 2.05) is 0 Å². The van der Waals surface area contributed by atoms with Crippen molar-refractivity contribution >= 4 is 22.7 Å². The van der Waals surface area contributed by atoms with Gasteiger partial charge in [0.15, 0.2) is 0 Å². The highest BCUT2D eigenvalue weighted by molar-refractivity contribution is 8.01.